The minimum Gasteiger partial charge on any atom is -0.388 e. The van der Waals surface area contributed by atoms with Crippen molar-refractivity contribution in [3.05, 3.63) is 24.3 Å². The summed E-state index contributed by atoms with van der Waals surface area (Å²) in [5, 5.41) is 10.1. The lowest BCUT2D eigenvalue weighted by molar-refractivity contribution is -0.159. The molecule has 1 N–H and O–H groups in total. The van der Waals surface area contributed by atoms with Crippen LogP contribution in [0.5, 0.6) is 0 Å². The maximum atomic E-state index is 12.3. The molecule has 0 aromatic heterocycles. The molecular formula is C15H20O4. The lowest BCUT2D eigenvalue weighted by Crippen LogP contribution is -2.49. The van der Waals surface area contributed by atoms with E-state index in [9.17, 15) is 14.7 Å². The molecule has 4 nitrogen and oxygen atoms in total. The third-order valence-corrected chi connectivity index (χ3v) is 4.12. The molecule has 0 aromatic rings. The van der Waals surface area contributed by atoms with E-state index >= 15 is 0 Å². The van der Waals surface area contributed by atoms with Gasteiger partial charge in [-0.05, 0) is 38.8 Å². The summed E-state index contributed by atoms with van der Waals surface area (Å²) in [5.74, 6) is -0.520. The van der Waals surface area contributed by atoms with Crippen molar-refractivity contribution in [3.63, 3.8) is 0 Å². The molecule has 104 valence electrons. The number of allylic oxidation sites excluding steroid dienone is 1. The predicted octanol–water partition coefficient (Wildman–Crippen LogP) is 1.58. The molecular weight excluding hydrogens is 244 g/mol. The molecule has 1 fully saturated rings. The lowest BCUT2D eigenvalue weighted by atomic mass is 9.75. The van der Waals surface area contributed by atoms with Gasteiger partial charge in [-0.15, -0.1) is 6.58 Å². The van der Waals surface area contributed by atoms with Crippen LogP contribution in [0.2, 0.25) is 0 Å². The van der Waals surface area contributed by atoms with Gasteiger partial charge in [0, 0.05) is 12.3 Å². The molecule has 2 rings (SSSR count). The Balaban J connectivity index is 2.40. The number of ketones is 2. The van der Waals surface area contributed by atoms with Crippen LogP contribution in [0.1, 0.15) is 33.6 Å². The molecule has 0 radical (unpaired) electrons. The number of Topliss-reactive ketones (excluding diaryl/α,β-unsaturated/α-hetero) is 1. The molecule has 1 aliphatic heterocycles. The maximum absolute atomic E-state index is 12.3. The normalized spacial score (nSPS) is 35.7. The van der Waals surface area contributed by atoms with Gasteiger partial charge in [0.1, 0.15) is 5.60 Å². The number of rotatable bonds is 2. The van der Waals surface area contributed by atoms with E-state index in [1.54, 1.807) is 26.8 Å². The molecule has 0 aromatic carbocycles. The number of aliphatic hydroxyl groups is 1. The molecule has 1 spiro atoms. The molecule has 19 heavy (non-hydrogen) atoms. The summed E-state index contributed by atoms with van der Waals surface area (Å²) in [6, 6.07) is 0. The lowest BCUT2D eigenvalue weighted by Gasteiger charge is -2.34. The average molecular weight is 264 g/mol. The van der Waals surface area contributed by atoms with E-state index in [1.807, 2.05) is 0 Å². The number of hydrogen-bond acceptors (Lipinski definition) is 4. The first-order chi connectivity index (χ1) is 8.70. The molecule has 1 aliphatic carbocycles. The van der Waals surface area contributed by atoms with E-state index in [1.165, 1.54) is 6.08 Å². The second-order valence-corrected chi connectivity index (χ2v) is 6.02. The van der Waals surface area contributed by atoms with Gasteiger partial charge in [-0.3, -0.25) is 9.59 Å². The number of ether oxygens (including phenoxy) is 1. The van der Waals surface area contributed by atoms with Gasteiger partial charge in [-0.2, -0.15) is 0 Å². The summed E-state index contributed by atoms with van der Waals surface area (Å²) in [6.07, 6.45) is 3.08. The van der Waals surface area contributed by atoms with Crippen molar-refractivity contribution in [2.24, 2.45) is 5.92 Å². The second kappa shape index (κ2) is 4.39. The van der Waals surface area contributed by atoms with Gasteiger partial charge in [0.05, 0.1) is 11.7 Å². The molecule has 3 atom stereocenters. The van der Waals surface area contributed by atoms with Crippen LogP contribution in [0.15, 0.2) is 24.3 Å². The second-order valence-electron chi connectivity index (χ2n) is 6.02. The Bertz CT molecular complexity index is 469. The van der Waals surface area contributed by atoms with Crippen LogP contribution in [-0.4, -0.2) is 34.0 Å². The predicted molar refractivity (Wildman–Crippen MR) is 70.6 cm³/mol. The number of carbonyl (C=O) groups excluding carboxylic acids is 2. The topological polar surface area (TPSA) is 63.6 Å². The van der Waals surface area contributed by atoms with Crippen LogP contribution in [0.3, 0.4) is 0 Å². The third-order valence-electron chi connectivity index (χ3n) is 4.12. The fourth-order valence-corrected chi connectivity index (χ4v) is 2.81. The molecule has 2 aliphatic rings. The summed E-state index contributed by atoms with van der Waals surface area (Å²) < 4.78 is 5.85. The van der Waals surface area contributed by atoms with E-state index in [2.05, 4.69) is 6.58 Å². The molecule has 0 unspecified atom stereocenters. The Hall–Kier alpha value is -1.26. The van der Waals surface area contributed by atoms with Gasteiger partial charge >= 0.3 is 0 Å². The zero-order valence-electron chi connectivity index (χ0n) is 11.6. The number of hydrogen-bond donors (Lipinski definition) is 1. The highest BCUT2D eigenvalue weighted by molar-refractivity contribution is 6.12. The highest BCUT2D eigenvalue weighted by Crippen LogP contribution is 2.45. The van der Waals surface area contributed by atoms with E-state index in [0.717, 1.165) is 0 Å². The fourth-order valence-electron chi connectivity index (χ4n) is 2.81. The van der Waals surface area contributed by atoms with Crippen LogP contribution in [0, 0.1) is 5.92 Å². The molecule has 1 heterocycles. The first-order valence-corrected chi connectivity index (χ1v) is 6.49. The smallest absolute Gasteiger partial charge is 0.188 e. The van der Waals surface area contributed by atoms with Gasteiger partial charge < -0.3 is 9.84 Å². The highest BCUT2D eigenvalue weighted by Gasteiger charge is 2.56. The van der Waals surface area contributed by atoms with Crippen LogP contribution in [-0.2, 0) is 14.3 Å². The van der Waals surface area contributed by atoms with E-state index < -0.39 is 17.3 Å². The minimum absolute atomic E-state index is 0.0391. The number of carbonyl (C=O) groups is 2. The Morgan fingerprint density at radius 3 is 2.68 bits per heavy atom. The van der Waals surface area contributed by atoms with Crippen molar-refractivity contribution in [3.8, 4) is 0 Å². The third kappa shape index (κ3) is 2.19. The summed E-state index contributed by atoms with van der Waals surface area (Å²) in [5.41, 5.74) is -1.75. The van der Waals surface area contributed by atoms with Crippen LogP contribution in [0.4, 0.5) is 0 Å². The molecule has 0 amide bonds. The summed E-state index contributed by atoms with van der Waals surface area (Å²) in [4.78, 5) is 24.3. The van der Waals surface area contributed by atoms with Gasteiger partial charge in [0.15, 0.2) is 11.6 Å². The first-order valence-electron chi connectivity index (χ1n) is 6.49. The molecule has 0 saturated carbocycles. The van der Waals surface area contributed by atoms with Crippen molar-refractivity contribution in [1.82, 2.24) is 0 Å². The Morgan fingerprint density at radius 2 is 2.16 bits per heavy atom. The van der Waals surface area contributed by atoms with Crippen molar-refractivity contribution in [2.75, 3.05) is 0 Å². The fraction of sp³-hybridized carbons (Fsp3) is 0.600. The molecule has 1 saturated heterocycles. The standard InChI is InChI=1S/C15H20O4/c1-5-10-7-13(14(3,4)18)19-15(10)8-11(16)9(2)6-12(15)17/h5-6,10,13,18H,1,7-8H2,2-4H3/t10-,13-,15+/m1/s1. The summed E-state index contributed by atoms with van der Waals surface area (Å²) in [6.45, 7) is 8.67. The summed E-state index contributed by atoms with van der Waals surface area (Å²) >= 11 is 0. The maximum Gasteiger partial charge on any atom is 0.188 e. The van der Waals surface area contributed by atoms with Gasteiger partial charge in [0.2, 0.25) is 0 Å². The van der Waals surface area contributed by atoms with Gasteiger partial charge in [-0.1, -0.05) is 6.08 Å². The summed E-state index contributed by atoms with van der Waals surface area (Å²) in [7, 11) is 0. The largest absolute Gasteiger partial charge is 0.388 e. The van der Waals surface area contributed by atoms with E-state index in [4.69, 9.17) is 4.74 Å². The zero-order chi connectivity index (χ0) is 14.4. The first kappa shape index (κ1) is 14.2. The van der Waals surface area contributed by atoms with Crippen LogP contribution < -0.4 is 0 Å². The van der Waals surface area contributed by atoms with E-state index in [0.29, 0.717) is 12.0 Å². The van der Waals surface area contributed by atoms with Gasteiger partial charge in [-0.25, -0.2) is 0 Å². The quantitative estimate of drug-likeness (QED) is 0.769. The Kier molecular flexibility index (Phi) is 3.27. The SMILES string of the molecule is C=C[C@@H]1C[C@H](C(C)(C)O)O[C@@]12CC(=O)C(C)=CC2=O. The minimum atomic E-state index is -1.16. The Labute approximate surface area is 113 Å². The molecule has 4 heteroatoms. The van der Waals surface area contributed by atoms with Crippen molar-refractivity contribution >= 4 is 11.6 Å². The van der Waals surface area contributed by atoms with Crippen molar-refractivity contribution in [1.29, 1.82) is 0 Å². The van der Waals surface area contributed by atoms with Crippen molar-refractivity contribution < 1.29 is 19.4 Å². The van der Waals surface area contributed by atoms with E-state index in [-0.39, 0.29) is 23.9 Å². The zero-order valence-corrected chi connectivity index (χ0v) is 11.6. The Morgan fingerprint density at radius 1 is 1.53 bits per heavy atom. The highest BCUT2D eigenvalue weighted by atomic mass is 16.5. The van der Waals surface area contributed by atoms with Crippen molar-refractivity contribution in [2.45, 2.75) is 50.9 Å². The molecule has 0 bridgehead atoms. The van der Waals surface area contributed by atoms with Gasteiger partial charge in [0.25, 0.3) is 0 Å². The average Bonchev–Trinajstić information content (AvgIpc) is 2.66. The van der Waals surface area contributed by atoms with Crippen LogP contribution >= 0.6 is 0 Å². The van der Waals surface area contributed by atoms with Crippen LogP contribution in [0.25, 0.3) is 0 Å². The monoisotopic (exact) mass is 264 g/mol.